The van der Waals surface area contributed by atoms with Crippen LogP contribution in [0.5, 0.6) is 0 Å². The maximum Gasteiger partial charge on any atom is 0.258 e. The Kier molecular flexibility index (Phi) is 5.91. The summed E-state index contributed by atoms with van der Waals surface area (Å²) in [6.45, 7) is 0.761. The first kappa shape index (κ1) is 18.9. The van der Waals surface area contributed by atoms with Gasteiger partial charge >= 0.3 is 0 Å². The first-order chi connectivity index (χ1) is 13.7. The van der Waals surface area contributed by atoms with Crippen LogP contribution in [0.15, 0.2) is 47.9 Å². The predicted molar refractivity (Wildman–Crippen MR) is 115 cm³/mol. The highest BCUT2D eigenvalue weighted by Crippen LogP contribution is 2.32. The molecule has 146 valence electrons. The Bertz CT molecular complexity index is 869. The maximum atomic E-state index is 13.0. The third kappa shape index (κ3) is 4.36. The van der Waals surface area contributed by atoms with Gasteiger partial charge in [0, 0.05) is 29.1 Å². The molecule has 5 heteroatoms. The molecule has 28 heavy (non-hydrogen) atoms. The van der Waals surface area contributed by atoms with E-state index in [0.29, 0.717) is 17.9 Å². The van der Waals surface area contributed by atoms with Gasteiger partial charge in [-0.25, -0.2) is 0 Å². The van der Waals surface area contributed by atoms with Crippen LogP contribution in [-0.2, 0) is 11.2 Å². The average molecular weight is 395 g/mol. The van der Waals surface area contributed by atoms with Crippen LogP contribution >= 0.6 is 11.3 Å². The number of nitrogens with one attached hydrogen (secondary N) is 1. The first-order valence-electron chi connectivity index (χ1n) is 10.1. The van der Waals surface area contributed by atoms with Gasteiger partial charge in [0.1, 0.15) is 0 Å². The highest BCUT2D eigenvalue weighted by Gasteiger charge is 2.23. The molecule has 1 aliphatic carbocycles. The largest absolute Gasteiger partial charge is 0.326 e. The number of hydrogen-bond acceptors (Lipinski definition) is 3. The molecule has 2 heterocycles. The van der Waals surface area contributed by atoms with Gasteiger partial charge in [-0.15, -0.1) is 11.3 Å². The quantitative estimate of drug-likeness (QED) is 0.704. The lowest BCUT2D eigenvalue weighted by Gasteiger charge is -2.21. The fourth-order valence-electron chi connectivity index (χ4n) is 4.02. The molecule has 0 bridgehead atoms. The molecule has 1 aromatic heterocycles. The molecule has 0 fully saturated rings. The molecule has 0 radical (unpaired) electrons. The smallest absolute Gasteiger partial charge is 0.258 e. The average Bonchev–Trinajstić information content (AvgIpc) is 3.08. The van der Waals surface area contributed by atoms with Crippen LogP contribution in [0.3, 0.4) is 0 Å². The van der Waals surface area contributed by atoms with E-state index in [1.165, 1.54) is 4.88 Å². The van der Waals surface area contributed by atoms with E-state index < -0.39 is 0 Å². The molecular weight excluding hydrogens is 368 g/mol. The second-order valence-electron chi connectivity index (χ2n) is 7.62. The van der Waals surface area contributed by atoms with Crippen LogP contribution in [0.1, 0.15) is 53.8 Å². The van der Waals surface area contributed by atoms with Crippen molar-refractivity contribution in [2.75, 3.05) is 16.8 Å². The van der Waals surface area contributed by atoms with Crippen molar-refractivity contribution < 1.29 is 9.59 Å². The predicted octanol–water partition coefficient (Wildman–Crippen LogP) is 5.42. The number of allylic oxidation sites excluding steroid dienone is 2. The van der Waals surface area contributed by atoms with Crippen LogP contribution in [0, 0.1) is 5.92 Å². The van der Waals surface area contributed by atoms with Gasteiger partial charge in [-0.05, 0) is 80.2 Å². The van der Waals surface area contributed by atoms with Crippen molar-refractivity contribution in [1.29, 1.82) is 0 Å². The second-order valence-corrected chi connectivity index (χ2v) is 8.62. The summed E-state index contributed by atoms with van der Waals surface area (Å²) in [5.41, 5.74) is 2.47. The highest BCUT2D eigenvalue weighted by atomic mass is 32.1. The molecule has 4 rings (SSSR count). The van der Waals surface area contributed by atoms with Crippen molar-refractivity contribution in [3.05, 3.63) is 58.3 Å². The fraction of sp³-hybridized carbons (Fsp3) is 0.391. The SMILES string of the molecule is O=C(CC1CC=CCC1)Nc1ccc(C(=O)N2CCCCc3sccc32)cc1. The summed E-state index contributed by atoms with van der Waals surface area (Å²) in [4.78, 5) is 28.5. The summed E-state index contributed by atoms with van der Waals surface area (Å²) < 4.78 is 0. The molecule has 0 saturated carbocycles. The van der Waals surface area contributed by atoms with Crippen molar-refractivity contribution in [2.24, 2.45) is 5.92 Å². The van der Waals surface area contributed by atoms with Gasteiger partial charge in [-0.2, -0.15) is 0 Å². The number of carbonyl (C=O) groups is 2. The summed E-state index contributed by atoms with van der Waals surface area (Å²) in [5.74, 6) is 0.525. The summed E-state index contributed by atoms with van der Waals surface area (Å²) in [6, 6.07) is 9.35. The maximum absolute atomic E-state index is 13.0. The summed E-state index contributed by atoms with van der Waals surface area (Å²) in [6.07, 6.45) is 11.3. The molecule has 1 N–H and O–H groups in total. The fourth-order valence-corrected chi connectivity index (χ4v) is 4.94. The molecule has 1 aliphatic heterocycles. The highest BCUT2D eigenvalue weighted by molar-refractivity contribution is 7.10. The van der Waals surface area contributed by atoms with Crippen molar-refractivity contribution >= 4 is 34.5 Å². The van der Waals surface area contributed by atoms with E-state index in [9.17, 15) is 9.59 Å². The van der Waals surface area contributed by atoms with E-state index in [1.54, 1.807) is 11.3 Å². The van der Waals surface area contributed by atoms with Gasteiger partial charge in [-0.1, -0.05) is 12.2 Å². The first-order valence-corrected chi connectivity index (χ1v) is 11.0. The monoisotopic (exact) mass is 394 g/mol. The molecular formula is C23H26N2O2S. The van der Waals surface area contributed by atoms with E-state index >= 15 is 0 Å². The Morgan fingerprint density at radius 3 is 2.75 bits per heavy atom. The molecule has 0 saturated heterocycles. The van der Waals surface area contributed by atoms with E-state index in [1.807, 2.05) is 29.2 Å². The minimum atomic E-state index is 0.0356. The lowest BCUT2D eigenvalue weighted by Crippen LogP contribution is -2.31. The van der Waals surface area contributed by atoms with Crippen molar-refractivity contribution in [3.8, 4) is 0 Å². The standard InChI is InChI=1S/C23H26N2O2S/c26-22(16-17-6-2-1-3-7-17)24-19-11-9-18(10-12-19)23(27)25-14-5-4-8-21-20(25)13-15-28-21/h1-2,9-13,15,17H,3-8,14,16H2,(H,24,26). The Balaban J connectivity index is 1.40. The third-order valence-corrected chi connectivity index (χ3v) is 6.53. The number of nitrogens with zero attached hydrogens (tertiary/aromatic N) is 1. The molecule has 4 nitrogen and oxygen atoms in total. The zero-order chi connectivity index (χ0) is 19.3. The zero-order valence-electron chi connectivity index (χ0n) is 16.0. The van der Waals surface area contributed by atoms with Gasteiger partial charge in [0.05, 0.1) is 5.69 Å². The van der Waals surface area contributed by atoms with E-state index in [2.05, 4.69) is 28.9 Å². The van der Waals surface area contributed by atoms with E-state index in [-0.39, 0.29) is 11.8 Å². The number of carbonyl (C=O) groups excluding carboxylic acids is 2. The molecule has 2 amide bonds. The number of rotatable bonds is 4. The van der Waals surface area contributed by atoms with Crippen LogP contribution in [0.4, 0.5) is 11.4 Å². The van der Waals surface area contributed by atoms with Gasteiger partial charge in [0.2, 0.25) is 5.91 Å². The summed E-state index contributed by atoms with van der Waals surface area (Å²) in [5, 5.41) is 5.04. The molecule has 2 aromatic rings. The van der Waals surface area contributed by atoms with Crippen molar-refractivity contribution in [3.63, 3.8) is 0 Å². The Labute approximate surface area is 170 Å². The number of thiophene rings is 1. The zero-order valence-corrected chi connectivity index (χ0v) is 16.8. The number of hydrogen-bond donors (Lipinski definition) is 1. The molecule has 1 unspecified atom stereocenters. The van der Waals surface area contributed by atoms with Gasteiger partial charge in [0.15, 0.2) is 0 Å². The minimum absolute atomic E-state index is 0.0356. The van der Waals surface area contributed by atoms with E-state index in [4.69, 9.17) is 0 Å². The number of fused-ring (bicyclic) bond motifs is 1. The van der Waals surface area contributed by atoms with Crippen LogP contribution in [0.25, 0.3) is 0 Å². The molecule has 0 spiro atoms. The molecule has 1 aromatic carbocycles. The van der Waals surface area contributed by atoms with E-state index in [0.717, 1.165) is 56.4 Å². The van der Waals surface area contributed by atoms with Crippen LogP contribution in [-0.4, -0.2) is 18.4 Å². The Morgan fingerprint density at radius 2 is 1.96 bits per heavy atom. The van der Waals surface area contributed by atoms with Gasteiger partial charge in [0.25, 0.3) is 5.91 Å². The normalized spacial score (nSPS) is 19.0. The van der Waals surface area contributed by atoms with Crippen molar-refractivity contribution in [2.45, 2.75) is 44.9 Å². The minimum Gasteiger partial charge on any atom is -0.326 e. The molecule has 1 atom stereocenters. The number of aryl methyl sites for hydroxylation is 1. The lowest BCUT2D eigenvalue weighted by atomic mass is 9.91. The number of anilines is 2. The lowest BCUT2D eigenvalue weighted by molar-refractivity contribution is -0.117. The Morgan fingerprint density at radius 1 is 1.11 bits per heavy atom. The van der Waals surface area contributed by atoms with Crippen molar-refractivity contribution in [1.82, 2.24) is 0 Å². The van der Waals surface area contributed by atoms with Gasteiger partial charge < -0.3 is 10.2 Å². The number of benzene rings is 1. The summed E-state index contributed by atoms with van der Waals surface area (Å²) in [7, 11) is 0. The summed E-state index contributed by atoms with van der Waals surface area (Å²) >= 11 is 1.73. The topological polar surface area (TPSA) is 49.4 Å². The second kappa shape index (κ2) is 8.74. The Hall–Kier alpha value is -2.40. The molecule has 2 aliphatic rings. The number of amides is 2. The van der Waals surface area contributed by atoms with Gasteiger partial charge in [-0.3, -0.25) is 9.59 Å². The third-order valence-electron chi connectivity index (χ3n) is 5.56. The van der Waals surface area contributed by atoms with Crippen LogP contribution in [0.2, 0.25) is 0 Å². The van der Waals surface area contributed by atoms with Crippen LogP contribution < -0.4 is 10.2 Å².